The molecule has 1 rings (SSSR count). The molecule has 1 fully saturated rings. The van der Waals surface area contributed by atoms with E-state index in [1.165, 1.54) is 25.7 Å². The molecule has 76 valence electrons. The Balaban J connectivity index is 2.26. The van der Waals surface area contributed by atoms with Gasteiger partial charge in [-0.2, -0.15) is 0 Å². The van der Waals surface area contributed by atoms with Gasteiger partial charge in [0.05, 0.1) is 5.92 Å². The van der Waals surface area contributed by atoms with Crippen molar-refractivity contribution < 1.29 is 9.90 Å². The molecular weight excluding hydrogens is 164 g/mol. The zero-order chi connectivity index (χ0) is 9.84. The minimum Gasteiger partial charge on any atom is -0.481 e. The molecule has 13 heavy (non-hydrogen) atoms. The quantitative estimate of drug-likeness (QED) is 0.732. The normalized spacial score (nSPS) is 31.2. The minimum absolute atomic E-state index is 0.154. The van der Waals surface area contributed by atoms with Crippen LogP contribution < -0.4 is 0 Å². The predicted molar refractivity (Wildman–Crippen MR) is 52.5 cm³/mol. The summed E-state index contributed by atoms with van der Waals surface area (Å²) in [4.78, 5) is 10.6. The van der Waals surface area contributed by atoms with E-state index in [1.54, 1.807) is 0 Å². The second kappa shape index (κ2) is 4.64. The van der Waals surface area contributed by atoms with Crippen molar-refractivity contribution in [1.29, 1.82) is 0 Å². The first kappa shape index (κ1) is 10.6. The molecule has 1 N–H and O–H groups in total. The average Bonchev–Trinajstić information content (AvgIpc) is 2.08. The zero-order valence-electron chi connectivity index (χ0n) is 8.62. The molecule has 1 aliphatic carbocycles. The van der Waals surface area contributed by atoms with Crippen molar-refractivity contribution in [2.45, 2.75) is 46.0 Å². The number of carbonyl (C=O) groups is 1. The number of rotatable bonds is 3. The fourth-order valence-electron chi connectivity index (χ4n) is 2.17. The van der Waals surface area contributed by atoms with Gasteiger partial charge in [-0.25, -0.2) is 0 Å². The van der Waals surface area contributed by atoms with Crippen molar-refractivity contribution in [3.8, 4) is 0 Å². The topological polar surface area (TPSA) is 37.3 Å². The number of aliphatic carboxylic acids is 1. The molecule has 0 unspecified atom stereocenters. The highest BCUT2D eigenvalue weighted by Gasteiger charge is 2.22. The van der Waals surface area contributed by atoms with E-state index in [4.69, 9.17) is 5.11 Å². The van der Waals surface area contributed by atoms with E-state index >= 15 is 0 Å². The Bertz CT molecular complexity index is 169. The highest BCUT2D eigenvalue weighted by atomic mass is 16.4. The molecule has 0 amide bonds. The van der Waals surface area contributed by atoms with Gasteiger partial charge in [-0.05, 0) is 18.3 Å². The number of hydrogen-bond donors (Lipinski definition) is 1. The lowest BCUT2D eigenvalue weighted by molar-refractivity contribution is -0.141. The Morgan fingerprint density at radius 3 is 2.38 bits per heavy atom. The van der Waals surface area contributed by atoms with Crippen LogP contribution in [0.3, 0.4) is 0 Å². The first-order valence-electron chi connectivity index (χ1n) is 5.32. The van der Waals surface area contributed by atoms with Crippen LogP contribution >= 0.6 is 0 Å². The van der Waals surface area contributed by atoms with Crippen LogP contribution in [0.1, 0.15) is 46.0 Å². The van der Waals surface area contributed by atoms with Crippen LogP contribution in [0.5, 0.6) is 0 Å². The summed E-state index contributed by atoms with van der Waals surface area (Å²) in [6.07, 6.45) is 5.92. The number of hydrogen-bond acceptors (Lipinski definition) is 1. The summed E-state index contributed by atoms with van der Waals surface area (Å²) < 4.78 is 0. The van der Waals surface area contributed by atoms with Gasteiger partial charge in [-0.1, -0.05) is 39.5 Å². The maximum absolute atomic E-state index is 10.6. The van der Waals surface area contributed by atoms with Crippen LogP contribution in [0.25, 0.3) is 0 Å². The highest BCUT2D eigenvalue weighted by Crippen LogP contribution is 2.32. The lowest BCUT2D eigenvalue weighted by Crippen LogP contribution is -2.18. The van der Waals surface area contributed by atoms with Crippen molar-refractivity contribution in [2.24, 2.45) is 17.8 Å². The lowest BCUT2D eigenvalue weighted by Gasteiger charge is -2.27. The minimum atomic E-state index is -0.640. The van der Waals surface area contributed by atoms with Gasteiger partial charge in [0.1, 0.15) is 0 Å². The molecule has 0 spiro atoms. The van der Waals surface area contributed by atoms with Crippen molar-refractivity contribution in [3.05, 3.63) is 0 Å². The Morgan fingerprint density at radius 1 is 1.38 bits per heavy atom. The van der Waals surface area contributed by atoms with Crippen LogP contribution in [-0.2, 0) is 4.79 Å². The van der Waals surface area contributed by atoms with E-state index < -0.39 is 5.97 Å². The average molecular weight is 184 g/mol. The van der Waals surface area contributed by atoms with Gasteiger partial charge in [-0.3, -0.25) is 4.79 Å². The summed E-state index contributed by atoms with van der Waals surface area (Å²) in [6, 6.07) is 0. The Labute approximate surface area is 80.3 Å². The van der Waals surface area contributed by atoms with Crippen molar-refractivity contribution >= 4 is 5.97 Å². The maximum atomic E-state index is 10.6. The fourth-order valence-corrected chi connectivity index (χ4v) is 2.17. The SMILES string of the molecule is CC1CCC(C[C@H](C)C(=O)O)CC1. The van der Waals surface area contributed by atoms with Crippen molar-refractivity contribution in [2.75, 3.05) is 0 Å². The third kappa shape index (κ3) is 3.37. The largest absolute Gasteiger partial charge is 0.481 e. The first-order chi connectivity index (χ1) is 6.09. The van der Waals surface area contributed by atoms with E-state index in [9.17, 15) is 4.79 Å². The van der Waals surface area contributed by atoms with E-state index in [0.29, 0.717) is 5.92 Å². The van der Waals surface area contributed by atoms with Gasteiger partial charge in [-0.15, -0.1) is 0 Å². The molecular formula is C11H20O2. The van der Waals surface area contributed by atoms with Gasteiger partial charge in [0.2, 0.25) is 0 Å². The molecule has 0 aromatic rings. The van der Waals surface area contributed by atoms with Gasteiger partial charge in [0, 0.05) is 0 Å². The van der Waals surface area contributed by atoms with E-state index in [1.807, 2.05) is 6.92 Å². The van der Waals surface area contributed by atoms with Gasteiger partial charge in [0.15, 0.2) is 0 Å². The van der Waals surface area contributed by atoms with Gasteiger partial charge >= 0.3 is 5.97 Å². The standard InChI is InChI=1S/C11H20O2/c1-8-3-5-10(6-4-8)7-9(2)11(12)13/h8-10H,3-7H2,1-2H3,(H,12,13)/t8?,9-,10?/m0/s1. The molecule has 0 aliphatic heterocycles. The highest BCUT2D eigenvalue weighted by molar-refractivity contribution is 5.69. The maximum Gasteiger partial charge on any atom is 0.306 e. The summed E-state index contributed by atoms with van der Waals surface area (Å²) in [5.41, 5.74) is 0. The number of carboxylic acid groups (broad SMARTS) is 1. The molecule has 0 saturated heterocycles. The summed E-state index contributed by atoms with van der Waals surface area (Å²) in [7, 11) is 0. The second-order valence-electron chi connectivity index (χ2n) is 4.60. The Kier molecular flexibility index (Phi) is 3.76. The predicted octanol–water partition coefficient (Wildman–Crippen LogP) is 2.92. The molecule has 1 aliphatic rings. The molecule has 0 heterocycles. The van der Waals surface area contributed by atoms with E-state index in [-0.39, 0.29) is 5.92 Å². The molecule has 0 bridgehead atoms. The van der Waals surface area contributed by atoms with Gasteiger partial charge in [0.25, 0.3) is 0 Å². The molecule has 0 aromatic heterocycles. The molecule has 2 nitrogen and oxygen atoms in total. The smallest absolute Gasteiger partial charge is 0.306 e. The lowest BCUT2D eigenvalue weighted by atomic mass is 9.79. The first-order valence-corrected chi connectivity index (χ1v) is 5.32. The third-order valence-corrected chi connectivity index (χ3v) is 3.24. The number of carboxylic acids is 1. The molecule has 1 atom stereocenters. The van der Waals surface area contributed by atoms with Crippen LogP contribution in [0.15, 0.2) is 0 Å². The molecule has 1 saturated carbocycles. The third-order valence-electron chi connectivity index (χ3n) is 3.24. The summed E-state index contributed by atoms with van der Waals surface area (Å²) in [5.74, 6) is 0.732. The Hall–Kier alpha value is -0.530. The fraction of sp³-hybridized carbons (Fsp3) is 0.909. The Morgan fingerprint density at radius 2 is 1.92 bits per heavy atom. The van der Waals surface area contributed by atoms with Crippen LogP contribution in [-0.4, -0.2) is 11.1 Å². The zero-order valence-corrected chi connectivity index (χ0v) is 8.62. The van der Waals surface area contributed by atoms with Crippen LogP contribution in [0.4, 0.5) is 0 Å². The van der Waals surface area contributed by atoms with Crippen LogP contribution in [0.2, 0.25) is 0 Å². The molecule has 0 radical (unpaired) electrons. The second-order valence-corrected chi connectivity index (χ2v) is 4.60. The molecule has 2 heteroatoms. The van der Waals surface area contributed by atoms with E-state index in [2.05, 4.69) is 6.92 Å². The summed E-state index contributed by atoms with van der Waals surface area (Å²) in [6.45, 7) is 4.11. The summed E-state index contributed by atoms with van der Waals surface area (Å²) in [5, 5.41) is 8.76. The summed E-state index contributed by atoms with van der Waals surface area (Å²) >= 11 is 0. The molecule has 0 aromatic carbocycles. The van der Waals surface area contributed by atoms with Crippen LogP contribution in [0, 0.1) is 17.8 Å². The van der Waals surface area contributed by atoms with Crippen molar-refractivity contribution in [3.63, 3.8) is 0 Å². The monoisotopic (exact) mass is 184 g/mol. The van der Waals surface area contributed by atoms with E-state index in [0.717, 1.165) is 12.3 Å². The van der Waals surface area contributed by atoms with Gasteiger partial charge < -0.3 is 5.11 Å². The van der Waals surface area contributed by atoms with Crippen molar-refractivity contribution in [1.82, 2.24) is 0 Å².